The van der Waals surface area contributed by atoms with Crippen LogP contribution in [-0.2, 0) is 17.9 Å². The minimum Gasteiger partial charge on any atom is -0.380 e. The van der Waals surface area contributed by atoms with Crippen LogP contribution in [0.1, 0.15) is 22.0 Å². The summed E-state index contributed by atoms with van der Waals surface area (Å²) in [5.74, 6) is 0.626. The number of aliphatic imine (C=N–C) groups is 1. The van der Waals surface area contributed by atoms with Crippen LogP contribution in [0.5, 0.6) is 0 Å². The molecule has 0 fully saturated rings. The van der Waals surface area contributed by atoms with Crippen LogP contribution in [0.2, 0.25) is 0 Å². The summed E-state index contributed by atoms with van der Waals surface area (Å²) in [5.41, 5.74) is 8.55. The lowest BCUT2D eigenvalue weighted by atomic mass is 10.00. The minimum atomic E-state index is 0.193. The summed E-state index contributed by atoms with van der Waals surface area (Å²) in [7, 11) is 1.72. The Morgan fingerprint density at radius 1 is 1.33 bits per heavy atom. The normalized spacial score (nSPS) is 18.0. The van der Waals surface area contributed by atoms with Crippen molar-refractivity contribution in [3.8, 4) is 0 Å². The molecule has 110 valence electrons. The zero-order chi connectivity index (χ0) is 14.7. The summed E-state index contributed by atoms with van der Waals surface area (Å²) >= 11 is 1.75. The molecule has 21 heavy (non-hydrogen) atoms. The van der Waals surface area contributed by atoms with Crippen LogP contribution in [0.25, 0.3) is 0 Å². The Bertz CT molecular complexity index is 624. The number of thiophene rings is 1. The molecule has 1 aliphatic heterocycles. The molecule has 2 N–H and O–H groups in total. The molecule has 0 saturated carbocycles. The van der Waals surface area contributed by atoms with Gasteiger partial charge in [0.15, 0.2) is 5.96 Å². The standard InChI is InChI=1S/C16H19N3OS/c1-20-11-12-5-2-3-7-14(12)15-9-18-16(17)19(15)10-13-6-4-8-21-13/h2-8,15H,9-11H2,1H3,(H2,17,18). The molecule has 1 aromatic heterocycles. The number of ether oxygens (including phenoxy) is 1. The molecule has 4 nitrogen and oxygen atoms in total. The number of nitrogens with two attached hydrogens (primary N) is 1. The average molecular weight is 301 g/mol. The maximum Gasteiger partial charge on any atom is 0.192 e. The molecule has 2 aromatic rings. The minimum absolute atomic E-state index is 0.193. The first-order valence-electron chi connectivity index (χ1n) is 6.95. The number of methoxy groups -OCH3 is 1. The summed E-state index contributed by atoms with van der Waals surface area (Å²) in [6.45, 7) is 2.12. The quantitative estimate of drug-likeness (QED) is 0.924. The number of benzene rings is 1. The van der Waals surface area contributed by atoms with Crippen LogP contribution in [0.15, 0.2) is 46.8 Å². The third-order valence-corrected chi connectivity index (χ3v) is 4.58. The first kappa shape index (κ1) is 14.1. The van der Waals surface area contributed by atoms with Gasteiger partial charge in [0.25, 0.3) is 0 Å². The molecule has 1 aromatic carbocycles. The SMILES string of the molecule is COCc1ccccc1C1CN=C(N)N1Cc1cccs1. The molecule has 0 amide bonds. The second-order valence-corrected chi connectivity index (χ2v) is 6.09. The maximum atomic E-state index is 6.10. The van der Waals surface area contributed by atoms with Crippen molar-refractivity contribution in [3.63, 3.8) is 0 Å². The summed E-state index contributed by atoms with van der Waals surface area (Å²) in [6.07, 6.45) is 0. The number of hydrogen-bond acceptors (Lipinski definition) is 5. The summed E-state index contributed by atoms with van der Waals surface area (Å²) in [5, 5.41) is 2.09. The van der Waals surface area contributed by atoms with E-state index in [1.165, 1.54) is 16.0 Å². The van der Waals surface area contributed by atoms with Gasteiger partial charge in [-0.15, -0.1) is 11.3 Å². The van der Waals surface area contributed by atoms with Gasteiger partial charge in [0, 0.05) is 12.0 Å². The molecule has 0 bridgehead atoms. The fourth-order valence-electron chi connectivity index (χ4n) is 2.70. The molecule has 1 aliphatic rings. The second-order valence-electron chi connectivity index (χ2n) is 5.05. The van der Waals surface area contributed by atoms with Crippen LogP contribution < -0.4 is 5.73 Å². The van der Waals surface area contributed by atoms with Gasteiger partial charge in [0.05, 0.1) is 25.7 Å². The van der Waals surface area contributed by atoms with Crippen LogP contribution in [0.4, 0.5) is 0 Å². The van der Waals surface area contributed by atoms with E-state index in [-0.39, 0.29) is 6.04 Å². The topological polar surface area (TPSA) is 50.9 Å². The van der Waals surface area contributed by atoms with E-state index in [0.717, 1.165) is 6.54 Å². The van der Waals surface area contributed by atoms with Gasteiger partial charge in [-0.1, -0.05) is 30.3 Å². The smallest absolute Gasteiger partial charge is 0.192 e. The number of guanidine groups is 1. The van der Waals surface area contributed by atoms with Gasteiger partial charge in [0.1, 0.15) is 0 Å². The summed E-state index contributed by atoms with van der Waals surface area (Å²) in [4.78, 5) is 7.92. The van der Waals surface area contributed by atoms with E-state index in [1.54, 1.807) is 18.4 Å². The first-order valence-corrected chi connectivity index (χ1v) is 7.83. The molecule has 5 heteroatoms. The molecule has 3 rings (SSSR count). The third-order valence-electron chi connectivity index (χ3n) is 3.72. The lowest BCUT2D eigenvalue weighted by molar-refractivity contribution is 0.182. The number of hydrogen-bond donors (Lipinski definition) is 1. The monoisotopic (exact) mass is 301 g/mol. The van der Waals surface area contributed by atoms with Crippen molar-refractivity contribution in [1.82, 2.24) is 4.90 Å². The van der Waals surface area contributed by atoms with E-state index in [0.29, 0.717) is 19.1 Å². The Balaban J connectivity index is 1.87. The highest BCUT2D eigenvalue weighted by Crippen LogP contribution is 2.30. The van der Waals surface area contributed by atoms with Crippen molar-refractivity contribution in [1.29, 1.82) is 0 Å². The van der Waals surface area contributed by atoms with Crippen LogP contribution in [0, 0.1) is 0 Å². The van der Waals surface area contributed by atoms with Crippen molar-refractivity contribution in [2.45, 2.75) is 19.2 Å². The van der Waals surface area contributed by atoms with Crippen LogP contribution in [-0.4, -0.2) is 24.5 Å². The molecular formula is C16H19N3OS. The van der Waals surface area contributed by atoms with Crippen LogP contribution in [0.3, 0.4) is 0 Å². The van der Waals surface area contributed by atoms with Crippen LogP contribution >= 0.6 is 11.3 Å². The third kappa shape index (κ3) is 2.94. The van der Waals surface area contributed by atoms with E-state index in [2.05, 4.69) is 45.6 Å². The van der Waals surface area contributed by atoms with E-state index < -0.39 is 0 Å². The summed E-state index contributed by atoms with van der Waals surface area (Å²) in [6, 6.07) is 12.8. The van der Waals surface area contributed by atoms with Gasteiger partial charge in [0.2, 0.25) is 0 Å². The van der Waals surface area contributed by atoms with Gasteiger partial charge in [-0.25, -0.2) is 0 Å². The number of rotatable bonds is 5. The van der Waals surface area contributed by atoms with Gasteiger partial charge in [-0.3, -0.25) is 4.99 Å². The highest BCUT2D eigenvalue weighted by atomic mass is 32.1. The van der Waals surface area contributed by atoms with E-state index >= 15 is 0 Å². The van der Waals surface area contributed by atoms with Gasteiger partial charge < -0.3 is 15.4 Å². The molecule has 1 atom stereocenters. The lowest BCUT2D eigenvalue weighted by Crippen LogP contribution is -2.35. The Kier molecular flexibility index (Phi) is 4.22. The molecule has 0 spiro atoms. The van der Waals surface area contributed by atoms with Gasteiger partial charge >= 0.3 is 0 Å². The van der Waals surface area contributed by atoms with E-state index in [4.69, 9.17) is 10.5 Å². The largest absolute Gasteiger partial charge is 0.380 e. The molecular weight excluding hydrogens is 282 g/mol. The van der Waals surface area contributed by atoms with E-state index in [9.17, 15) is 0 Å². The van der Waals surface area contributed by atoms with Crippen molar-refractivity contribution in [2.75, 3.05) is 13.7 Å². The molecule has 1 unspecified atom stereocenters. The summed E-state index contributed by atoms with van der Waals surface area (Å²) < 4.78 is 5.31. The predicted octanol–water partition coefficient (Wildman–Crippen LogP) is 2.77. The Morgan fingerprint density at radius 3 is 2.95 bits per heavy atom. The average Bonchev–Trinajstić information content (AvgIpc) is 3.12. The Morgan fingerprint density at radius 2 is 2.19 bits per heavy atom. The molecule has 0 aliphatic carbocycles. The Hall–Kier alpha value is -1.85. The fourth-order valence-corrected chi connectivity index (χ4v) is 3.41. The molecule has 0 radical (unpaired) electrons. The molecule has 0 saturated heterocycles. The van der Waals surface area contributed by atoms with Crippen molar-refractivity contribution < 1.29 is 4.74 Å². The maximum absolute atomic E-state index is 6.10. The van der Waals surface area contributed by atoms with Gasteiger partial charge in [-0.05, 0) is 22.6 Å². The Labute approximate surface area is 128 Å². The lowest BCUT2D eigenvalue weighted by Gasteiger charge is -2.27. The number of nitrogens with zero attached hydrogens (tertiary/aromatic N) is 2. The highest BCUT2D eigenvalue weighted by molar-refractivity contribution is 7.09. The van der Waals surface area contributed by atoms with E-state index in [1.807, 2.05) is 6.07 Å². The van der Waals surface area contributed by atoms with Crippen molar-refractivity contribution >= 4 is 17.3 Å². The fraction of sp³-hybridized carbons (Fsp3) is 0.312. The zero-order valence-electron chi connectivity index (χ0n) is 12.0. The first-order chi connectivity index (χ1) is 10.3. The predicted molar refractivity (Wildman–Crippen MR) is 86.2 cm³/mol. The second kappa shape index (κ2) is 6.28. The van der Waals surface area contributed by atoms with Crippen molar-refractivity contribution in [2.24, 2.45) is 10.7 Å². The molecule has 2 heterocycles. The van der Waals surface area contributed by atoms with Crippen molar-refractivity contribution in [3.05, 3.63) is 57.8 Å². The van der Waals surface area contributed by atoms with Gasteiger partial charge in [-0.2, -0.15) is 0 Å². The highest BCUT2D eigenvalue weighted by Gasteiger charge is 2.29. The zero-order valence-corrected chi connectivity index (χ0v) is 12.8.